The van der Waals surface area contributed by atoms with Crippen molar-refractivity contribution in [1.82, 2.24) is 25.0 Å². The second-order valence-corrected chi connectivity index (χ2v) is 5.90. The molecular weight excluding hydrogens is 290 g/mol. The highest BCUT2D eigenvalue weighted by atomic mass is 16.2. The Balaban J connectivity index is 1.69. The highest BCUT2D eigenvalue weighted by Gasteiger charge is 2.35. The van der Waals surface area contributed by atoms with E-state index in [4.69, 9.17) is 0 Å². The van der Waals surface area contributed by atoms with Crippen LogP contribution in [0, 0.1) is 6.92 Å². The van der Waals surface area contributed by atoms with E-state index in [1.165, 1.54) is 5.56 Å². The molecule has 23 heavy (non-hydrogen) atoms. The molecule has 0 spiro atoms. The zero-order chi connectivity index (χ0) is 16.2. The first-order chi connectivity index (χ1) is 11.2. The van der Waals surface area contributed by atoms with Crippen molar-refractivity contribution in [3.63, 3.8) is 0 Å². The average molecular weight is 313 g/mol. The first kappa shape index (κ1) is 15.7. The van der Waals surface area contributed by atoms with Crippen molar-refractivity contribution in [2.45, 2.75) is 32.4 Å². The Labute approximate surface area is 136 Å². The van der Waals surface area contributed by atoms with Gasteiger partial charge in [-0.2, -0.15) is 0 Å². The van der Waals surface area contributed by atoms with Crippen molar-refractivity contribution in [1.29, 1.82) is 0 Å². The number of fused-ring (bicyclic) bond motifs is 1. The van der Waals surface area contributed by atoms with Crippen LogP contribution in [-0.4, -0.2) is 45.7 Å². The van der Waals surface area contributed by atoms with Crippen LogP contribution >= 0.6 is 0 Å². The molecular formula is C17H23N5O. The third-order valence-electron chi connectivity index (χ3n) is 4.43. The van der Waals surface area contributed by atoms with Gasteiger partial charge in [-0.05, 0) is 31.9 Å². The Morgan fingerprint density at radius 1 is 1.26 bits per heavy atom. The number of hydrogen-bond acceptors (Lipinski definition) is 4. The summed E-state index contributed by atoms with van der Waals surface area (Å²) in [7, 11) is 1.67. The van der Waals surface area contributed by atoms with E-state index < -0.39 is 0 Å². The Bertz CT molecular complexity index is 667. The quantitative estimate of drug-likeness (QED) is 0.904. The van der Waals surface area contributed by atoms with Crippen LogP contribution in [0.2, 0.25) is 0 Å². The third-order valence-corrected chi connectivity index (χ3v) is 4.43. The zero-order valence-corrected chi connectivity index (χ0v) is 13.7. The molecule has 0 aliphatic carbocycles. The molecule has 1 N–H and O–H groups in total. The molecule has 6 nitrogen and oxygen atoms in total. The number of aromatic nitrogens is 3. The number of rotatable bonds is 5. The average Bonchev–Trinajstić information content (AvgIpc) is 2.96. The predicted molar refractivity (Wildman–Crippen MR) is 87.9 cm³/mol. The van der Waals surface area contributed by atoms with Crippen LogP contribution in [0.4, 0.5) is 0 Å². The molecule has 0 radical (unpaired) electrons. The number of likely N-dealkylation sites (N-methyl/N-ethyl adjacent to an activating group) is 1. The van der Waals surface area contributed by atoms with Crippen LogP contribution in [-0.2, 0) is 17.8 Å². The van der Waals surface area contributed by atoms with E-state index in [-0.39, 0.29) is 11.9 Å². The number of aryl methyl sites for hydroxylation is 2. The SMILES string of the molecule is CNC(=O)C1c2nnc(C)n2CCN1CCCc1ccccc1. The van der Waals surface area contributed by atoms with Gasteiger partial charge in [0, 0.05) is 20.1 Å². The van der Waals surface area contributed by atoms with Crippen molar-refractivity contribution in [2.24, 2.45) is 0 Å². The normalized spacial score (nSPS) is 17.7. The summed E-state index contributed by atoms with van der Waals surface area (Å²) >= 11 is 0. The lowest BCUT2D eigenvalue weighted by molar-refractivity contribution is -0.127. The first-order valence-corrected chi connectivity index (χ1v) is 8.10. The summed E-state index contributed by atoms with van der Waals surface area (Å²) in [6.07, 6.45) is 2.04. The van der Waals surface area contributed by atoms with Gasteiger partial charge in [0.25, 0.3) is 0 Å². The Morgan fingerprint density at radius 3 is 2.78 bits per heavy atom. The molecule has 1 unspecified atom stereocenters. The summed E-state index contributed by atoms with van der Waals surface area (Å²) in [6.45, 7) is 4.49. The van der Waals surface area contributed by atoms with E-state index in [0.29, 0.717) is 0 Å². The molecule has 3 rings (SSSR count). The van der Waals surface area contributed by atoms with Crippen LogP contribution in [0.1, 0.15) is 29.7 Å². The van der Waals surface area contributed by atoms with Gasteiger partial charge >= 0.3 is 0 Å². The summed E-state index contributed by atoms with van der Waals surface area (Å²) < 4.78 is 2.05. The Kier molecular flexibility index (Phi) is 4.71. The molecule has 0 bridgehead atoms. The molecule has 1 aliphatic rings. The molecule has 1 atom stereocenters. The van der Waals surface area contributed by atoms with Crippen LogP contribution in [0.3, 0.4) is 0 Å². The van der Waals surface area contributed by atoms with Gasteiger partial charge < -0.3 is 9.88 Å². The van der Waals surface area contributed by atoms with E-state index in [1.54, 1.807) is 7.05 Å². The molecule has 1 aromatic carbocycles. The molecule has 2 aromatic rings. The minimum Gasteiger partial charge on any atom is -0.357 e. The topological polar surface area (TPSA) is 63.1 Å². The number of nitrogens with zero attached hydrogens (tertiary/aromatic N) is 4. The monoisotopic (exact) mass is 313 g/mol. The van der Waals surface area contributed by atoms with E-state index >= 15 is 0 Å². The molecule has 1 amide bonds. The minimum absolute atomic E-state index is 0.0157. The van der Waals surface area contributed by atoms with Crippen LogP contribution < -0.4 is 5.32 Å². The maximum Gasteiger partial charge on any atom is 0.245 e. The molecule has 6 heteroatoms. The van der Waals surface area contributed by atoms with Crippen molar-refractivity contribution in [3.05, 3.63) is 47.5 Å². The van der Waals surface area contributed by atoms with Crippen molar-refractivity contribution in [3.8, 4) is 0 Å². The number of amides is 1. The van der Waals surface area contributed by atoms with Gasteiger partial charge in [-0.1, -0.05) is 30.3 Å². The van der Waals surface area contributed by atoms with Gasteiger partial charge in [0.15, 0.2) is 11.9 Å². The summed E-state index contributed by atoms with van der Waals surface area (Å²) in [5, 5.41) is 11.1. The maximum atomic E-state index is 12.3. The lowest BCUT2D eigenvalue weighted by Crippen LogP contribution is -2.46. The predicted octanol–water partition coefficient (Wildman–Crippen LogP) is 1.32. The van der Waals surface area contributed by atoms with Crippen LogP contribution in [0.5, 0.6) is 0 Å². The molecule has 1 aliphatic heterocycles. The van der Waals surface area contributed by atoms with E-state index in [2.05, 4.69) is 44.7 Å². The highest BCUT2D eigenvalue weighted by molar-refractivity contribution is 5.82. The second-order valence-electron chi connectivity index (χ2n) is 5.90. The van der Waals surface area contributed by atoms with Gasteiger partial charge in [0.2, 0.25) is 5.91 Å². The highest BCUT2D eigenvalue weighted by Crippen LogP contribution is 2.25. The van der Waals surface area contributed by atoms with E-state index in [9.17, 15) is 4.79 Å². The van der Waals surface area contributed by atoms with Gasteiger partial charge in [0.05, 0.1) is 0 Å². The van der Waals surface area contributed by atoms with Gasteiger partial charge in [-0.15, -0.1) is 10.2 Å². The zero-order valence-electron chi connectivity index (χ0n) is 13.7. The standard InChI is InChI=1S/C17H23N5O/c1-13-19-20-16-15(17(23)18-2)21(11-12-22(13)16)10-6-9-14-7-4-3-5-8-14/h3-5,7-8,15H,6,9-12H2,1-2H3,(H,18,23). The summed E-state index contributed by atoms with van der Waals surface area (Å²) in [5.74, 6) is 1.61. The number of carbonyl (C=O) groups is 1. The van der Waals surface area contributed by atoms with Gasteiger partial charge in [0.1, 0.15) is 5.82 Å². The minimum atomic E-state index is -0.342. The van der Waals surface area contributed by atoms with Crippen molar-refractivity contribution in [2.75, 3.05) is 20.1 Å². The molecule has 1 aromatic heterocycles. The Hall–Kier alpha value is -2.21. The fraction of sp³-hybridized carbons (Fsp3) is 0.471. The number of hydrogen-bond donors (Lipinski definition) is 1. The fourth-order valence-corrected chi connectivity index (χ4v) is 3.19. The molecule has 0 saturated heterocycles. The van der Waals surface area contributed by atoms with Crippen molar-refractivity contribution >= 4 is 5.91 Å². The number of carbonyl (C=O) groups excluding carboxylic acids is 1. The lowest BCUT2D eigenvalue weighted by Gasteiger charge is -2.34. The van der Waals surface area contributed by atoms with Gasteiger partial charge in [-0.3, -0.25) is 9.69 Å². The largest absolute Gasteiger partial charge is 0.357 e. The van der Waals surface area contributed by atoms with Crippen molar-refractivity contribution < 1.29 is 4.79 Å². The smallest absolute Gasteiger partial charge is 0.245 e. The van der Waals surface area contributed by atoms with Crippen LogP contribution in [0.15, 0.2) is 30.3 Å². The summed E-state index contributed by atoms with van der Waals surface area (Å²) in [5.41, 5.74) is 1.33. The molecule has 122 valence electrons. The van der Waals surface area contributed by atoms with Gasteiger partial charge in [-0.25, -0.2) is 0 Å². The first-order valence-electron chi connectivity index (χ1n) is 8.10. The van der Waals surface area contributed by atoms with E-state index in [1.807, 2.05) is 17.6 Å². The molecule has 2 heterocycles. The van der Waals surface area contributed by atoms with E-state index in [0.717, 1.165) is 44.1 Å². The molecule has 0 fully saturated rings. The fourth-order valence-electron chi connectivity index (χ4n) is 3.19. The lowest BCUT2D eigenvalue weighted by atomic mass is 10.1. The maximum absolute atomic E-state index is 12.3. The number of nitrogens with one attached hydrogen (secondary N) is 1. The molecule has 0 saturated carbocycles. The summed E-state index contributed by atoms with van der Waals surface area (Å²) in [6, 6.07) is 10.1. The third kappa shape index (κ3) is 3.27. The second kappa shape index (κ2) is 6.91. The number of benzene rings is 1. The van der Waals surface area contributed by atoms with Crippen LogP contribution in [0.25, 0.3) is 0 Å². The summed E-state index contributed by atoms with van der Waals surface area (Å²) in [4.78, 5) is 14.6. The Morgan fingerprint density at radius 2 is 2.04 bits per heavy atom.